The normalized spacial score (nSPS) is 13.2. The maximum absolute atomic E-state index is 12.7. The first kappa shape index (κ1) is 50.8. The van der Waals surface area contributed by atoms with Crippen LogP contribution in [0.1, 0.15) is 175 Å². The van der Waals surface area contributed by atoms with E-state index in [-0.39, 0.29) is 31.6 Å². The topological polar surface area (TPSA) is 61.8 Å². The fraction of sp³-hybridized carbons (Fsp3) is 0.633. The molecule has 0 spiro atoms. The molecular formula is C49H80O5. The molecule has 1 atom stereocenters. The van der Waals surface area contributed by atoms with E-state index in [1.54, 1.807) is 0 Å². The maximum Gasteiger partial charge on any atom is 0.309 e. The van der Waals surface area contributed by atoms with Crippen LogP contribution < -0.4 is 0 Å². The van der Waals surface area contributed by atoms with Crippen molar-refractivity contribution in [2.75, 3.05) is 19.8 Å². The molecular weight excluding hydrogens is 669 g/mol. The number of carbonyl (C=O) groups is 2. The second-order valence-electron chi connectivity index (χ2n) is 13.9. The van der Waals surface area contributed by atoms with Crippen LogP contribution in [0.25, 0.3) is 0 Å². The van der Waals surface area contributed by atoms with Crippen LogP contribution >= 0.6 is 0 Å². The zero-order chi connectivity index (χ0) is 39.3. The van der Waals surface area contributed by atoms with E-state index in [1.807, 2.05) is 12.2 Å². The molecule has 1 unspecified atom stereocenters. The van der Waals surface area contributed by atoms with Crippen molar-refractivity contribution >= 4 is 11.9 Å². The lowest BCUT2D eigenvalue weighted by Crippen LogP contribution is -2.30. The molecule has 0 heterocycles. The minimum Gasteiger partial charge on any atom is -0.461 e. The molecule has 0 aromatic rings. The minimum atomic E-state index is -0.585. The molecule has 0 amide bonds. The smallest absolute Gasteiger partial charge is 0.309 e. The summed E-state index contributed by atoms with van der Waals surface area (Å²) < 4.78 is 17.1. The lowest BCUT2D eigenvalue weighted by atomic mass is 10.1. The van der Waals surface area contributed by atoms with E-state index in [2.05, 4.69) is 106 Å². The van der Waals surface area contributed by atoms with Gasteiger partial charge in [0.15, 0.2) is 6.10 Å². The number of ether oxygens (including phenoxy) is 3. The Morgan fingerprint density at radius 2 is 0.889 bits per heavy atom. The molecule has 5 heteroatoms. The van der Waals surface area contributed by atoms with Gasteiger partial charge in [0.1, 0.15) is 6.61 Å². The van der Waals surface area contributed by atoms with E-state index in [4.69, 9.17) is 14.2 Å². The van der Waals surface area contributed by atoms with Crippen LogP contribution in [0.15, 0.2) is 97.2 Å². The number of esters is 2. The summed E-state index contributed by atoms with van der Waals surface area (Å²) >= 11 is 0. The van der Waals surface area contributed by atoms with Gasteiger partial charge in [0.25, 0.3) is 0 Å². The van der Waals surface area contributed by atoms with Gasteiger partial charge in [0.05, 0.1) is 13.0 Å². The van der Waals surface area contributed by atoms with E-state index in [1.165, 1.54) is 51.4 Å². The van der Waals surface area contributed by atoms with Crippen molar-refractivity contribution in [1.29, 1.82) is 0 Å². The first-order valence-electron chi connectivity index (χ1n) is 21.8. The molecule has 306 valence electrons. The average molecular weight is 749 g/mol. The van der Waals surface area contributed by atoms with Gasteiger partial charge in [-0.3, -0.25) is 9.59 Å². The Kier molecular flexibility index (Phi) is 41.6. The van der Waals surface area contributed by atoms with Gasteiger partial charge in [-0.15, -0.1) is 0 Å². The Balaban J connectivity index is 4.39. The lowest BCUT2D eigenvalue weighted by molar-refractivity contribution is -0.162. The summed E-state index contributed by atoms with van der Waals surface area (Å²) in [7, 11) is 0. The van der Waals surface area contributed by atoms with E-state index in [0.29, 0.717) is 13.0 Å². The lowest BCUT2D eigenvalue weighted by Gasteiger charge is -2.18. The highest BCUT2D eigenvalue weighted by Crippen LogP contribution is 2.11. The second kappa shape index (κ2) is 44.2. The summed E-state index contributed by atoms with van der Waals surface area (Å²) in [5.41, 5.74) is 0. The van der Waals surface area contributed by atoms with Crippen LogP contribution in [0, 0.1) is 0 Å². The highest BCUT2D eigenvalue weighted by atomic mass is 16.6. The maximum atomic E-state index is 12.7. The van der Waals surface area contributed by atoms with Crippen molar-refractivity contribution in [2.45, 2.75) is 181 Å². The van der Waals surface area contributed by atoms with Crippen LogP contribution in [0.2, 0.25) is 0 Å². The molecule has 0 aliphatic heterocycles. The first-order chi connectivity index (χ1) is 26.6. The Morgan fingerprint density at radius 3 is 1.43 bits per heavy atom. The van der Waals surface area contributed by atoms with Gasteiger partial charge in [-0.2, -0.15) is 0 Å². The SMILES string of the molecule is CC/C=C\C/C=C\C/C=C\C/C=C\C/C=C\CC(=O)OCC(COCCCCCCCCCC)OC(=O)CCCCCCC/C=C\C/C=C\C/C=C\CC. The fourth-order valence-electron chi connectivity index (χ4n) is 5.48. The predicted octanol–water partition coefficient (Wildman–Crippen LogP) is 14.3. The number of hydrogen-bond donors (Lipinski definition) is 0. The van der Waals surface area contributed by atoms with E-state index >= 15 is 0 Å². The summed E-state index contributed by atoms with van der Waals surface area (Å²) in [6, 6.07) is 0. The third-order valence-corrected chi connectivity index (χ3v) is 8.65. The van der Waals surface area contributed by atoms with Gasteiger partial charge in [-0.1, -0.05) is 182 Å². The number of unbranched alkanes of at least 4 members (excludes halogenated alkanes) is 12. The molecule has 0 radical (unpaired) electrons. The molecule has 0 N–H and O–H groups in total. The molecule has 0 saturated carbocycles. The van der Waals surface area contributed by atoms with Gasteiger partial charge in [-0.05, 0) is 77.0 Å². The van der Waals surface area contributed by atoms with E-state index in [9.17, 15) is 9.59 Å². The van der Waals surface area contributed by atoms with Crippen LogP contribution in [0.5, 0.6) is 0 Å². The fourth-order valence-corrected chi connectivity index (χ4v) is 5.48. The van der Waals surface area contributed by atoms with Crippen molar-refractivity contribution in [1.82, 2.24) is 0 Å². The van der Waals surface area contributed by atoms with E-state index in [0.717, 1.165) is 89.9 Å². The Labute approximate surface area is 332 Å². The van der Waals surface area contributed by atoms with Crippen molar-refractivity contribution < 1.29 is 23.8 Å². The van der Waals surface area contributed by atoms with Gasteiger partial charge in [-0.25, -0.2) is 0 Å². The van der Waals surface area contributed by atoms with Crippen molar-refractivity contribution in [3.63, 3.8) is 0 Å². The van der Waals surface area contributed by atoms with Crippen molar-refractivity contribution in [3.8, 4) is 0 Å². The standard InChI is InChI=1S/C49H80O5/c1-4-7-10-13-16-19-21-23-25-27-29-31-33-36-39-42-48(50)53-46-47(45-52-44-41-38-35-18-15-12-9-6-3)54-49(51)43-40-37-34-32-30-28-26-24-22-20-17-14-11-8-5-2/h7-8,10-11,16-17,19-20,23-26,29,31,36,39,47H,4-6,9,12-15,18,21-22,27-28,30,32-35,37-38,40-46H2,1-3H3/b10-7-,11-8-,19-16-,20-17-,25-23-,26-24-,31-29-,39-36-. The first-order valence-corrected chi connectivity index (χ1v) is 21.8. The van der Waals surface area contributed by atoms with E-state index < -0.39 is 6.10 Å². The van der Waals surface area contributed by atoms with Gasteiger partial charge in [0, 0.05) is 13.0 Å². The molecule has 0 saturated heterocycles. The molecule has 0 bridgehead atoms. The molecule has 0 aliphatic carbocycles. The van der Waals surface area contributed by atoms with Crippen LogP contribution in [-0.4, -0.2) is 37.9 Å². The highest BCUT2D eigenvalue weighted by Gasteiger charge is 2.17. The number of carbonyl (C=O) groups excluding carboxylic acids is 2. The summed E-state index contributed by atoms with van der Waals surface area (Å²) in [4.78, 5) is 25.1. The number of rotatable bonds is 38. The van der Waals surface area contributed by atoms with Crippen LogP contribution in [0.3, 0.4) is 0 Å². The van der Waals surface area contributed by atoms with Gasteiger partial charge in [0.2, 0.25) is 0 Å². The number of allylic oxidation sites excluding steroid dienone is 15. The molecule has 0 aromatic heterocycles. The minimum absolute atomic E-state index is 0.0198. The van der Waals surface area contributed by atoms with Crippen LogP contribution in [0.4, 0.5) is 0 Å². The quantitative estimate of drug-likeness (QED) is 0.0357. The summed E-state index contributed by atoms with van der Waals surface area (Å²) in [6.07, 6.45) is 58.6. The predicted molar refractivity (Wildman–Crippen MR) is 233 cm³/mol. The highest BCUT2D eigenvalue weighted by molar-refractivity contribution is 5.71. The zero-order valence-corrected chi connectivity index (χ0v) is 34.9. The summed E-state index contributed by atoms with van der Waals surface area (Å²) in [5, 5.41) is 0. The van der Waals surface area contributed by atoms with Crippen LogP contribution in [-0.2, 0) is 23.8 Å². The molecule has 0 fully saturated rings. The molecule has 0 aromatic carbocycles. The summed E-state index contributed by atoms with van der Waals surface area (Å²) in [6.45, 7) is 7.43. The Morgan fingerprint density at radius 1 is 0.444 bits per heavy atom. The van der Waals surface area contributed by atoms with Gasteiger partial charge < -0.3 is 14.2 Å². The van der Waals surface area contributed by atoms with Crippen molar-refractivity contribution in [3.05, 3.63) is 97.2 Å². The molecule has 0 rings (SSSR count). The second-order valence-corrected chi connectivity index (χ2v) is 13.9. The third-order valence-electron chi connectivity index (χ3n) is 8.65. The van der Waals surface area contributed by atoms with Crippen molar-refractivity contribution in [2.24, 2.45) is 0 Å². The third kappa shape index (κ3) is 41.6. The Bertz CT molecular complexity index is 1070. The summed E-state index contributed by atoms with van der Waals surface area (Å²) in [5.74, 6) is -0.572. The number of hydrogen-bond acceptors (Lipinski definition) is 5. The molecule has 54 heavy (non-hydrogen) atoms. The van der Waals surface area contributed by atoms with Gasteiger partial charge >= 0.3 is 11.9 Å². The molecule has 0 aliphatic rings. The average Bonchev–Trinajstić information content (AvgIpc) is 3.17. The Hall–Kier alpha value is -3.18. The monoisotopic (exact) mass is 749 g/mol. The largest absolute Gasteiger partial charge is 0.461 e. The molecule has 5 nitrogen and oxygen atoms in total. The zero-order valence-electron chi connectivity index (χ0n) is 34.9.